The first-order chi connectivity index (χ1) is 6.45. The molecule has 0 amide bonds. The minimum Gasteiger partial charge on any atom is -0.507 e. The summed E-state index contributed by atoms with van der Waals surface area (Å²) in [6, 6.07) is 1.80. The molecule has 5 heteroatoms. The molecule has 1 rings (SSSR count). The van der Waals surface area contributed by atoms with Crippen molar-refractivity contribution >= 4 is 17.6 Å². The smallest absolute Gasteiger partial charge is 0.325 e. The van der Waals surface area contributed by atoms with Crippen molar-refractivity contribution in [3.05, 3.63) is 28.3 Å². The molecule has 76 valence electrons. The molecule has 1 atom stereocenters. The van der Waals surface area contributed by atoms with E-state index in [-0.39, 0.29) is 16.3 Å². The van der Waals surface area contributed by atoms with Crippen LogP contribution in [0.5, 0.6) is 5.75 Å². The summed E-state index contributed by atoms with van der Waals surface area (Å²) in [5.41, 5.74) is 5.96. The minimum absolute atomic E-state index is 0.0548. The van der Waals surface area contributed by atoms with E-state index in [1.807, 2.05) is 0 Å². The van der Waals surface area contributed by atoms with Crippen LogP contribution in [-0.2, 0) is 4.79 Å². The van der Waals surface area contributed by atoms with Gasteiger partial charge in [0.25, 0.3) is 0 Å². The molecule has 0 saturated carbocycles. The van der Waals surface area contributed by atoms with E-state index in [0.717, 1.165) is 0 Å². The first kappa shape index (κ1) is 10.8. The molecule has 4 nitrogen and oxygen atoms in total. The molecule has 0 fully saturated rings. The quantitative estimate of drug-likeness (QED) is 0.697. The van der Waals surface area contributed by atoms with Crippen LogP contribution in [0.15, 0.2) is 12.1 Å². The Morgan fingerprint density at radius 2 is 2.14 bits per heavy atom. The van der Waals surface area contributed by atoms with Gasteiger partial charge in [0.2, 0.25) is 0 Å². The number of phenolic OH excluding ortho intramolecular Hbond substituents is 1. The fraction of sp³-hybridized carbons (Fsp3) is 0.222. The lowest BCUT2D eigenvalue weighted by Gasteiger charge is -2.12. The molecule has 0 aromatic heterocycles. The van der Waals surface area contributed by atoms with E-state index in [2.05, 4.69) is 0 Å². The maximum absolute atomic E-state index is 10.6. The predicted molar refractivity (Wildman–Crippen MR) is 52.4 cm³/mol. The van der Waals surface area contributed by atoms with Gasteiger partial charge in [0.1, 0.15) is 11.8 Å². The Morgan fingerprint density at radius 1 is 1.57 bits per heavy atom. The van der Waals surface area contributed by atoms with Crippen LogP contribution < -0.4 is 5.73 Å². The van der Waals surface area contributed by atoms with E-state index in [0.29, 0.717) is 5.56 Å². The van der Waals surface area contributed by atoms with Crippen molar-refractivity contribution in [3.63, 3.8) is 0 Å². The van der Waals surface area contributed by atoms with Gasteiger partial charge in [-0.05, 0) is 18.6 Å². The van der Waals surface area contributed by atoms with Gasteiger partial charge < -0.3 is 15.9 Å². The van der Waals surface area contributed by atoms with E-state index in [1.165, 1.54) is 6.07 Å². The van der Waals surface area contributed by atoms with Gasteiger partial charge in [-0.25, -0.2) is 0 Å². The van der Waals surface area contributed by atoms with Crippen molar-refractivity contribution in [2.24, 2.45) is 5.73 Å². The van der Waals surface area contributed by atoms with Crippen molar-refractivity contribution < 1.29 is 15.0 Å². The van der Waals surface area contributed by atoms with Crippen LogP contribution >= 0.6 is 11.6 Å². The highest BCUT2D eigenvalue weighted by Gasteiger charge is 2.22. The fourth-order valence-electron chi connectivity index (χ4n) is 1.11. The van der Waals surface area contributed by atoms with Crippen molar-refractivity contribution in [1.82, 2.24) is 0 Å². The SMILES string of the molecule is Cc1ccc(Cl)c([C@@H](N)C(=O)O)c1O. The highest BCUT2D eigenvalue weighted by molar-refractivity contribution is 6.31. The van der Waals surface area contributed by atoms with Crippen LogP contribution in [0.2, 0.25) is 5.02 Å². The monoisotopic (exact) mass is 215 g/mol. The maximum Gasteiger partial charge on any atom is 0.325 e. The Balaban J connectivity index is 3.32. The second kappa shape index (κ2) is 3.86. The average molecular weight is 216 g/mol. The normalized spacial score (nSPS) is 12.5. The summed E-state index contributed by atoms with van der Waals surface area (Å²) in [6.45, 7) is 1.64. The van der Waals surface area contributed by atoms with Crippen LogP contribution in [-0.4, -0.2) is 16.2 Å². The van der Waals surface area contributed by atoms with Crippen molar-refractivity contribution in [2.75, 3.05) is 0 Å². The largest absolute Gasteiger partial charge is 0.507 e. The van der Waals surface area contributed by atoms with E-state index < -0.39 is 12.0 Å². The zero-order valence-corrected chi connectivity index (χ0v) is 8.25. The standard InChI is InChI=1S/C9H10ClNO3/c1-4-2-3-5(10)6(8(4)12)7(11)9(13)14/h2-3,7,12H,11H2,1H3,(H,13,14)/t7-/m1/s1. The number of aromatic hydroxyl groups is 1. The number of phenols is 1. The van der Waals surface area contributed by atoms with E-state index in [4.69, 9.17) is 22.4 Å². The number of carboxylic acids is 1. The number of carbonyl (C=O) groups is 1. The number of aliphatic carboxylic acids is 1. The van der Waals surface area contributed by atoms with Gasteiger partial charge in [0.05, 0.1) is 0 Å². The van der Waals surface area contributed by atoms with Gasteiger partial charge in [-0.3, -0.25) is 4.79 Å². The number of hydrogen-bond donors (Lipinski definition) is 3. The summed E-state index contributed by atoms with van der Waals surface area (Å²) in [6.07, 6.45) is 0. The van der Waals surface area contributed by atoms with Gasteiger partial charge in [-0.2, -0.15) is 0 Å². The molecule has 1 aromatic carbocycles. The lowest BCUT2D eigenvalue weighted by molar-refractivity contribution is -0.138. The van der Waals surface area contributed by atoms with E-state index in [1.54, 1.807) is 13.0 Å². The number of carboxylic acid groups (broad SMARTS) is 1. The average Bonchev–Trinajstić information content (AvgIpc) is 2.12. The molecule has 0 aliphatic rings. The molecule has 0 aliphatic carbocycles. The fourth-order valence-corrected chi connectivity index (χ4v) is 1.38. The zero-order valence-electron chi connectivity index (χ0n) is 7.49. The Bertz CT molecular complexity index is 379. The molecular formula is C9H10ClNO3. The summed E-state index contributed by atoms with van der Waals surface area (Å²) in [5, 5.41) is 18.4. The highest BCUT2D eigenvalue weighted by Crippen LogP contribution is 2.33. The molecule has 0 bridgehead atoms. The molecule has 0 saturated heterocycles. The van der Waals surface area contributed by atoms with Gasteiger partial charge in [-0.15, -0.1) is 0 Å². The minimum atomic E-state index is -1.30. The van der Waals surface area contributed by atoms with E-state index >= 15 is 0 Å². The molecular weight excluding hydrogens is 206 g/mol. The summed E-state index contributed by atoms with van der Waals surface area (Å²) >= 11 is 5.74. The summed E-state index contributed by atoms with van der Waals surface area (Å²) in [7, 11) is 0. The summed E-state index contributed by atoms with van der Waals surface area (Å²) in [5.74, 6) is -1.39. The molecule has 0 unspecified atom stereocenters. The number of halogens is 1. The first-order valence-corrected chi connectivity index (χ1v) is 4.29. The molecule has 4 N–H and O–H groups in total. The second-order valence-electron chi connectivity index (χ2n) is 2.94. The molecule has 1 aromatic rings. The third kappa shape index (κ3) is 1.81. The first-order valence-electron chi connectivity index (χ1n) is 3.91. The molecule has 0 heterocycles. The Labute approximate surface area is 85.9 Å². The third-order valence-corrected chi connectivity index (χ3v) is 2.27. The topological polar surface area (TPSA) is 83.6 Å². The van der Waals surface area contributed by atoms with E-state index in [9.17, 15) is 9.90 Å². The number of aryl methyl sites for hydroxylation is 1. The zero-order chi connectivity index (χ0) is 10.9. The highest BCUT2D eigenvalue weighted by atomic mass is 35.5. The number of hydrogen-bond acceptors (Lipinski definition) is 3. The molecule has 0 aliphatic heterocycles. The molecule has 0 radical (unpaired) electrons. The number of nitrogens with two attached hydrogens (primary N) is 1. The molecule has 14 heavy (non-hydrogen) atoms. The lowest BCUT2D eigenvalue weighted by atomic mass is 10.0. The number of rotatable bonds is 2. The van der Waals surface area contributed by atoms with Crippen LogP contribution in [0.4, 0.5) is 0 Å². The molecule has 0 spiro atoms. The van der Waals surface area contributed by atoms with Gasteiger partial charge >= 0.3 is 5.97 Å². The summed E-state index contributed by atoms with van der Waals surface area (Å²) < 4.78 is 0. The van der Waals surface area contributed by atoms with Crippen LogP contribution in [0.1, 0.15) is 17.2 Å². The van der Waals surface area contributed by atoms with Gasteiger partial charge in [0, 0.05) is 10.6 Å². The van der Waals surface area contributed by atoms with Crippen LogP contribution in [0, 0.1) is 6.92 Å². The lowest BCUT2D eigenvalue weighted by Crippen LogP contribution is -2.21. The second-order valence-corrected chi connectivity index (χ2v) is 3.35. The van der Waals surface area contributed by atoms with Gasteiger partial charge in [0.15, 0.2) is 0 Å². The van der Waals surface area contributed by atoms with Crippen LogP contribution in [0.25, 0.3) is 0 Å². The Hall–Kier alpha value is -1.26. The third-order valence-electron chi connectivity index (χ3n) is 1.94. The number of benzene rings is 1. The van der Waals surface area contributed by atoms with Crippen molar-refractivity contribution in [1.29, 1.82) is 0 Å². The van der Waals surface area contributed by atoms with Crippen LogP contribution in [0.3, 0.4) is 0 Å². The van der Waals surface area contributed by atoms with Gasteiger partial charge in [-0.1, -0.05) is 17.7 Å². The van der Waals surface area contributed by atoms with Crippen molar-refractivity contribution in [3.8, 4) is 5.75 Å². The Morgan fingerprint density at radius 3 is 2.64 bits per heavy atom. The van der Waals surface area contributed by atoms with Crippen molar-refractivity contribution in [2.45, 2.75) is 13.0 Å². The Kier molecular flexibility index (Phi) is 2.98. The maximum atomic E-state index is 10.6. The predicted octanol–water partition coefficient (Wildman–Crippen LogP) is 1.44. The summed E-state index contributed by atoms with van der Waals surface area (Å²) in [4.78, 5) is 10.6.